The number of hydrogen-bond acceptors (Lipinski definition) is 2. The van der Waals surface area contributed by atoms with Gasteiger partial charge in [0.05, 0.1) is 0 Å². The quantitative estimate of drug-likeness (QED) is 0.722. The second kappa shape index (κ2) is 10.2. The van der Waals surface area contributed by atoms with Crippen molar-refractivity contribution in [2.24, 2.45) is 5.92 Å². The molecule has 2 heteroatoms. The van der Waals surface area contributed by atoms with Crippen molar-refractivity contribution in [3.8, 4) is 0 Å². The maximum absolute atomic E-state index is 3.81. The highest BCUT2D eigenvalue weighted by Gasteiger charge is 2.24. The lowest BCUT2D eigenvalue weighted by Crippen LogP contribution is -2.35. The van der Waals surface area contributed by atoms with Crippen LogP contribution in [0.5, 0.6) is 0 Å². The van der Waals surface area contributed by atoms with Gasteiger partial charge in [0.2, 0.25) is 0 Å². The predicted octanol–water partition coefficient (Wildman–Crippen LogP) is 4.82. The van der Waals surface area contributed by atoms with E-state index in [4.69, 9.17) is 0 Å². The zero-order valence-electron chi connectivity index (χ0n) is 15.4. The Morgan fingerprint density at radius 1 is 0.875 bits per heavy atom. The standard InChI is InChI=1S/C22H36N2/c1-2-10-17-24(16-9-1)18-15-23-19-22(20-11-5-3-6-12-20)21-13-7-4-8-14-21/h3,5-6,11-12,21-23H,1-2,4,7-10,13-19H2/t22-/m1/s1. The van der Waals surface area contributed by atoms with E-state index in [1.54, 1.807) is 5.56 Å². The van der Waals surface area contributed by atoms with Crippen molar-refractivity contribution >= 4 is 0 Å². The zero-order chi connectivity index (χ0) is 16.5. The molecule has 0 radical (unpaired) electrons. The van der Waals surface area contributed by atoms with Crippen LogP contribution in [-0.2, 0) is 0 Å². The van der Waals surface area contributed by atoms with Gasteiger partial charge in [-0.1, -0.05) is 62.4 Å². The summed E-state index contributed by atoms with van der Waals surface area (Å²) in [5, 5.41) is 3.81. The average molecular weight is 329 g/mol. The topological polar surface area (TPSA) is 15.3 Å². The molecular formula is C22H36N2. The lowest BCUT2D eigenvalue weighted by molar-refractivity contribution is 0.270. The summed E-state index contributed by atoms with van der Waals surface area (Å²) in [6.45, 7) is 6.16. The van der Waals surface area contributed by atoms with Gasteiger partial charge < -0.3 is 10.2 Å². The molecule has 0 bridgehead atoms. The fourth-order valence-corrected chi connectivity index (χ4v) is 4.65. The number of benzene rings is 1. The molecule has 1 aromatic carbocycles. The summed E-state index contributed by atoms with van der Waals surface area (Å²) in [5.41, 5.74) is 1.55. The summed E-state index contributed by atoms with van der Waals surface area (Å²) in [6.07, 6.45) is 12.8. The second-order valence-electron chi connectivity index (χ2n) is 7.88. The fourth-order valence-electron chi connectivity index (χ4n) is 4.65. The number of nitrogens with one attached hydrogen (secondary N) is 1. The Kier molecular flexibility index (Phi) is 7.63. The molecule has 0 aromatic heterocycles. The van der Waals surface area contributed by atoms with Crippen molar-refractivity contribution < 1.29 is 0 Å². The molecule has 1 saturated carbocycles. The minimum atomic E-state index is 0.704. The SMILES string of the molecule is c1ccc([C@@H](CNCCN2CCCCCC2)C2CCCCC2)cc1. The van der Waals surface area contributed by atoms with Gasteiger partial charge in [0.1, 0.15) is 0 Å². The highest BCUT2D eigenvalue weighted by atomic mass is 15.1. The summed E-state index contributed by atoms with van der Waals surface area (Å²) >= 11 is 0. The van der Waals surface area contributed by atoms with E-state index in [0.29, 0.717) is 5.92 Å². The monoisotopic (exact) mass is 328 g/mol. The van der Waals surface area contributed by atoms with Gasteiger partial charge in [-0.15, -0.1) is 0 Å². The maximum Gasteiger partial charge on any atom is 0.0107 e. The second-order valence-corrected chi connectivity index (χ2v) is 7.88. The minimum Gasteiger partial charge on any atom is -0.315 e. The molecule has 0 unspecified atom stereocenters. The summed E-state index contributed by atoms with van der Waals surface area (Å²) < 4.78 is 0. The molecule has 2 aliphatic rings. The van der Waals surface area contributed by atoms with E-state index in [-0.39, 0.29) is 0 Å². The largest absolute Gasteiger partial charge is 0.315 e. The first-order valence-electron chi connectivity index (χ1n) is 10.4. The number of nitrogens with zero attached hydrogens (tertiary/aromatic N) is 1. The van der Waals surface area contributed by atoms with Gasteiger partial charge >= 0.3 is 0 Å². The Labute approximate surface area is 149 Å². The summed E-state index contributed by atoms with van der Waals surface area (Å²) in [7, 11) is 0. The Balaban J connectivity index is 1.48. The van der Waals surface area contributed by atoms with E-state index in [1.807, 2.05) is 0 Å². The molecule has 2 nitrogen and oxygen atoms in total. The van der Waals surface area contributed by atoms with Crippen LogP contribution in [0.1, 0.15) is 69.3 Å². The molecule has 0 amide bonds. The van der Waals surface area contributed by atoms with Crippen LogP contribution < -0.4 is 5.32 Å². The lowest BCUT2D eigenvalue weighted by Gasteiger charge is -2.31. The van der Waals surface area contributed by atoms with Gasteiger partial charge in [-0.25, -0.2) is 0 Å². The fraction of sp³-hybridized carbons (Fsp3) is 0.727. The molecule has 1 saturated heterocycles. The molecule has 1 aliphatic carbocycles. The van der Waals surface area contributed by atoms with Crippen LogP contribution in [0.3, 0.4) is 0 Å². The highest BCUT2D eigenvalue weighted by molar-refractivity contribution is 5.21. The maximum atomic E-state index is 3.81. The summed E-state index contributed by atoms with van der Waals surface area (Å²) in [4.78, 5) is 2.66. The molecule has 0 spiro atoms. The van der Waals surface area contributed by atoms with Crippen LogP contribution in [0.25, 0.3) is 0 Å². The number of likely N-dealkylation sites (tertiary alicyclic amines) is 1. The van der Waals surface area contributed by atoms with Crippen LogP contribution in [0.4, 0.5) is 0 Å². The molecule has 24 heavy (non-hydrogen) atoms. The van der Waals surface area contributed by atoms with Crippen molar-refractivity contribution in [3.05, 3.63) is 35.9 Å². The van der Waals surface area contributed by atoms with Gasteiger partial charge in [-0.2, -0.15) is 0 Å². The van der Waals surface area contributed by atoms with E-state index < -0.39 is 0 Å². The Morgan fingerprint density at radius 3 is 2.25 bits per heavy atom. The third kappa shape index (κ3) is 5.60. The van der Waals surface area contributed by atoms with Crippen LogP contribution in [0, 0.1) is 5.92 Å². The van der Waals surface area contributed by atoms with Crippen molar-refractivity contribution in [2.75, 3.05) is 32.7 Å². The van der Waals surface area contributed by atoms with E-state index >= 15 is 0 Å². The van der Waals surface area contributed by atoms with Crippen LogP contribution in [-0.4, -0.2) is 37.6 Å². The average Bonchev–Trinajstić information content (AvgIpc) is 2.92. The molecule has 134 valence electrons. The first-order valence-corrected chi connectivity index (χ1v) is 10.4. The van der Waals surface area contributed by atoms with E-state index in [2.05, 4.69) is 40.5 Å². The molecule has 3 rings (SSSR count). The van der Waals surface area contributed by atoms with E-state index in [1.165, 1.54) is 77.4 Å². The van der Waals surface area contributed by atoms with Crippen molar-refractivity contribution in [2.45, 2.75) is 63.7 Å². The molecule has 2 fully saturated rings. The van der Waals surface area contributed by atoms with E-state index in [9.17, 15) is 0 Å². The first-order chi connectivity index (χ1) is 11.9. The third-order valence-corrected chi connectivity index (χ3v) is 6.11. The molecule has 1 aromatic rings. The predicted molar refractivity (Wildman–Crippen MR) is 104 cm³/mol. The molecule has 1 atom stereocenters. The van der Waals surface area contributed by atoms with Crippen molar-refractivity contribution in [3.63, 3.8) is 0 Å². The smallest absolute Gasteiger partial charge is 0.0107 e. The van der Waals surface area contributed by atoms with Crippen LogP contribution >= 0.6 is 0 Å². The Hall–Kier alpha value is -0.860. The molecule has 1 heterocycles. The zero-order valence-corrected chi connectivity index (χ0v) is 15.4. The summed E-state index contributed by atoms with van der Waals surface area (Å²) in [6, 6.07) is 11.3. The van der Waals surface area contributed by atoms with Gasteiger partial charge in [-0.05, 0) is 56.2 Å². The van der Waals surface area contributed by atoms with Gasteiger partial charge in [-0.3, -0.25) is 0 Å². The minimum absolute atomic E-state index is 0.704. The van der Waals surface area contributed by atoms with E-state index in [0.717, 1.165) is 19.0 Å². The van der Waals surface area contributed by atoms with Crippen LogP contribution in [0.15, 0.2) is 30.3 Å². The van der Waals surface area contributed by atoms with Crippen LogP contribution in [0.2, 0.25) is 0 Å². The summed E-state index contributed by atoms with van der Waals surface area (Å²) in [5.74, 6) is 1.59. The first kappa shape index (κ1) is 17.9. The molecule has 1 aliphatic heterocycles. The third-order valence-electron chi connectivity index (χ3n) is 6.11. The number of rotatable bonds is 7. The van der Waals surface area contributed by atoms with Gasteiger partial charge in [0.15, 0.2) is 0 Å². The molecule has 1 N–H and O–H groups in total. The molecular weight excluding hydrogens is 292 g/mol. The number of hydrogen-bond donors (Lipinski definition) is 1. The Morgan fingerprint density at radius 2 is 1.54 bits per heavy atom. The van der Waals surface area contributed by atoms with Gasteiger partial charge in [0.25, 0.3) is 0 Å². The Bertz CT molecular complexity index is 431. The van der Waals surface area contributed by atoms with Crippen molar-refractivity contribution in [1.29, 1.82) is 0 Å². The van der Waals surface area contributed by atoms with Crippen molar-refractivity contribution in [1.82, 2.24) is 10.2 Å². The lowest BCUT2D eigenvalue weighted by atomic mass is 9.77. The normalized spacial score (nSPS) is 22.2. The highest BCUT2D eigenvalue weighted by Crippen LogP contribution is 2.35. The van der Waals surface area contributed by atoms with Gasteiger partial charge in [0, 0.05) is 19.6 Å².